The molecule has 0 bridgehead atoms. The first-order valence-corrected chi connectivity index (χ1v) is 9.37. The summed E-state index contributed by atoms with van der Waals surface area (Å²) in [6.45, 7) is 0.929. The Morgan fingerprint density at radius 1 is 1.30 bits per heavy atom. The Kier molecular flexibility index (Phi) is 6.41. The Labute approximate surface area is 165 Å². The van der Waals surface area contributed by atoms with Crippen molar-refractivity contribution in [1.82, 2.24) is 10.3 Å². The van der Waals surface area contributed by atoms with E-state index in [9.17, 15) is 14.7 Å². The molecule has 142 valence electrons. The van der Waals surface area contributed by atoms with E-state index in [0.717, 1.165) is 5.56 Å². The number of ether oxygens (including phenoxy) is 1. The molecule has 2 amide bonds. The lowest BCUT2D eigenvalue weighted by molar-refractivity contribution is -0.130. The molecule has 1 saturated heterocycles. The van der Waals surface area contributed by atoms with Crippen molar-refractivity contribution in [2.24, 2.45) is 11.8 Å². The Balaban J connectivity index is 1.63. The largest absolute Gasteiger partial charge is 0.504 e. The van der Waals surface area contributed by atoms with Gasteiger partial charge in [0, 0.05) is 18.9 Å². The Morgan fingerprint density at radius 2 is 2.07 bits per heavy atom. The number of halogens is 1. The van der Waals surface area contributed by atoms with E-state index >= 15 is 0 Å². The number of aromatic nitrogens is 1. The molecule has 2 aromatic rings. The average Bonchev–Trinajstić information content (AvgIpc) is 2.65. The monoisotopic (exact) mass is 433 g/mol. The first-order chi connectivity index (χ1) is 13.0. The average molecular weight is 434 g/mol. The number of nitrogens with zero attached hydrogens (tertiary/aromatic N) is 1. The van der Waals surface area contributed by atoms with Crippen molar-refractivity contribution in [3.05, 3.63) is 52.6 Å². The number of amides is 2. The van der Waals surface area contributed by atoms with Crippen LogP contribution in [0.15, 0.2) is 47.1 Å². The molecule has 3 N–H and O–H groups in total. The summed E-state index contributed by atoms with van der Waals surface area (Å²) in [5.41, 5.74) is 1.03. The number of nitrogens with one attached hydrogen (secondary N) is 2. The summed E-state index contributed by atoms with van der Waals surface area (Å²) in [4.78, 5) is 28.5. The standard InChI is InChI=1S/C19H20BrN3O4/c20-16-7-6-15(24)18(22-16)23-19(26)14-9-21-17(25)8-13(14)11-27-10-12-4-2-1-3-5-12/h1-7,13-14,24H,8-11H2,(H,21,25)(H,22,23,26). The maximum Gasteiger partial charge on any atom is 0.230 e. The molecular weight excluding hydrogens is 414 g/mol. The molecule has 0 radical (unpaired) electrons. The van der Waals surface area contributed by atoms with E-state index in [0.29, 0.717) is 11.2 Å². The lowest BCUT2D eigenvalue weighted by atomic mass is 9.86. The Bertz CT molecular complexity index is 816. The number of piperidine rings is 1. The molecule has 1 aliphatic rings. The number of aromatic hydroxyl groups is 1. The third kappa shape index (κ3) is 5.27. The predicted molar refractivity (Wildman–Crippen MR) is 103 cm³/mol. The van der Waals surface area contributed by atoms with E-state index in [-0.39, 0.29) is 48.9 Å². The number of rotatable bonds is 6. The van der Waals surface area contributed by atoms with Gasteiger partial charge in [0.1, 0.15) is 4.60 Å². The summed E-state index contributed by atoms with van der Waals surface area (Å²) in [5, 5.41) is 15.2. The lowest BCUT2D eigenvalue weighted by Crippen LogP contribution is -2.47. The van der Waals surface area contributed by atoms with E-state index < -0.39 is 5.92 Å². The fraction of sp³-hybridized carbons (Fsp3) is 0.316. The third-order valence-corrected chi connectivity index (χ3v) is 4.84. The van der Waals surface area contributed by atoms with Gasteiger partial charge in [-0.15, -0.1) is 0 Å². The van der Waals surface area contributed by atoms with Crippen molar-refractivity contribution in [2.45, 2.75) is 13.0 Å². The zero-order chi connectivity index (χ0) is 19.2. The smallest absolute Gasteiger partial charge is 0.230 e. The first-order valence-electron chi connectivity index (χ1n) is 8.57. The van der Waals surface area contributed by atoms with Crippen LogP contribution in [0.2, 0.25) is 0 Å². The first kappa shape index (κ1) is 19.3. The SMILES string of the molecule is O=C1CC(COCc2ccccc2)C(C(=O)Nc2nc(Br)ccc2O)CN1. The topological polar surface area (TPSA) is 101 Å². The zero-order valence-electron chi connectivity index (χ0n) is 14.5. The minimum atomic E-state index is -0.473. The highest BCUT2D eigenvalue weighted by atomic mass is 79.9. The van der Waals surface area contributed by atoms with E-state index in [1.54, 1.807) is 6.07 Å². The number of benzene rings is 1. The van der Waals surface area contributed by atoms with E-state index in [2.05, 4.69) is 31.5 Å². The predicted octanol–water partition coefficient (Wildman–Crippen LogP) is 2.46. The van der Waals surface area contributed by atoms with Gasteiger partial charge in [-0.25, -0.2) is 4.98 Å². The molecule has 8 heteroatoms. The molecule has 0 aliphatic carbocycles. The quantitative estimate of drug-likeness (QED) is 0.607. The molecule has 1 aromatic heterocycles. The van der Waals surface area contributed by atoms with Gasteiger partial charge in [0.05, 0.1) is 19.1 Å². The molecule has 2 atom stereocenters. The lowest BCUT2D eigenvalue weighted by Gasteiger charge is -2.30. The second-order valence-electron chi connectivity index (χ2n) is 6.37. The van der Waals surface area contributed by atoms with Gasteiger partial charge < -0.3 is 20.5 Å². The second kappa shape index (κ2) is 8.96. The maximum absolute atomic E-state index is 12.7. The molecule has 2 unspecified atom stereocenters. The van der Waals surface area contributed by atoms with Crippen LogP contribution in [0.3, 0.4) is 0 Å². The van der Waals surface area contributed by atoms with Gasteiger partial charge in [-0.2, -0.15) is 0 Å². The van der Waals surface area contributed by atoms with Crippen molar-refractivity contribution < 1.29 is 19.4 Å². The van der Waals surface area contributed by atoms with Gasteiger partial charge >= 0.3 is 0 Å². The summed E-state index contributed by atoms with van der Waals surface area (Å²) in [5.74, 6) is -1.19. The van der Waals surface area contributed by atoms with Crippen molar-refractivity contribution in [3.8, 4) is 5.75 Å². The fourth-order valence-electron chi connectivity index (χ4n) is 2.96. The van der Waals surface area contributed by atoms with Crippen LogP contribution in [0.25, 0.3) is 0 Å². The molecule has 1 fully saturated rings. The van der Waals surface area contributed by atoms with Crippen molar-refractivity contribution in [2.75, 3.05) is 18.5 Å². The van der Waals surface area contributed by atoms with Gasteiger partial charge in [-0.3, -0.25) is 9.59 Å². The van der Waals surface area contributed by atoms with Crippen LogP contribution in [0.4, 0.5) is 5.82 Å². The number of pyridine rings is 1. The van der Waals surface area contributed by atoms with Crippen molar-refractivity contribution >= 4 is 33.6 Å². The number of hydrogen-bond donors (Lipinski definition) is 3. The van der Waals surface area contributed by atoms with Crippen LogP contribution in [0.5, 0.6) is 5.75 Å². The van der Waals surface area contributed by atoms with E-state index in [1.807, 2.05) is 30.3 Å². The molecule has 7 nitrogen and oxygen atoms in total. The maximum atomic E-state index is 12.7. The van der Waals surface area contributed by atoms with Crippen molar-refractivity contribution in [1.29, 1.82) is 0 Å². The Morgan fingerprint density at radius 3 is 2.85 bits per heavy atom. The van der Waals surface area contributed by atoms with Crippen LogP contribution in [-0.2, 0) is 20.9 Å². The minimum absolute atomic E-state index is 0.0789. The highest BCUT2D eigenvalue weighted by molar-refractivity contribution is 9.10. The van der Waals surface area contributed by atoms with Gasteiger partial charge in [0.25, 0.3) is 0 Å². The highest BCUT2D eigenvalue weighted by Crippen LogP contribution is 2.26. The number of hydrogen-bond acceptors (Lipinski definition) is 5. The summed E-state index contributed by atoms with van der Waals surface area (Å²) < 4.78 is 6.24. The van der Waals surface area contributed by atoms with Gasteiger partial charge in [-0.05, 0) is 33.6 Å². The molecule has 2 heterocycles. The molecular formula is C19H20BrN3O4. The van der Waals surface area contributed by atoms with Gasteiger partial charge in [-0.1, -0.05) is 30.3 Å². The molecule has 0 spiro atoms. The summed E-state index contributed by atoms with van der Waals surface area (Å²) >= 11 is 3.21. The summed E-state index contributed by atoms with van der Waals surface area (Å²) in [6, 6.07) is 12.7. The van der Waals surface area contributed by atoms with Crippen LogP contribution in [-0.4, -0.2) is 35.1 Å². The van der Waals surface area contributed by atoms with Crippen LogP contribution in [0, 0.1) is 11.8 Å². The molecule has 0 saturated carbocycles. The summed E-state index contributed by atoms with van der Waals surface area (Å²) in [6.07, 6.45) is 0.213. The van der Waals surface area contributed by atoms with Crippen LogP contribution >= 0.6 is 15.9 Å². The van der Waals surface area contributed by atoms with Crippen LogP contribution < -0.4 is 10.6 Å². The van der Waals surface area contributed by atoms with Gasteiger partial charge in [0.2, 0.25) is 11.8 Å². The van der Waals surface area contributed by atoms with E-state index in [4.69, 9.17) is 4.74 Å². The second-order valence-corrected chi connectivity index (χ2v) is 7.18. The van der Waals surface area contributed by atoms with Gasteiger partial charge in [0.15, 0.2) is 11.6 Å². The molecule has 27 heavy (non-hydrogen) atoms. The molecule has 1 aliphatic heterocycles. The van der Waals surface area contributed by atoms with E-state index in [1.165, 1.54) is 6.07 Å². The molecule has 3 rings (SSSR count). The van der Waals surface area contributed by atoms with Crippen molar-refractivity contribution in [3.63, 3.8) is 0 Å². The highest BCUT2D eigenvalue weighted by Gasteiger charge is 2.34. The third-order valence-electron chi connectivity index (χ3n) is 4.40. The number of carbonyl (C=O) groups excluding carboxylic acids is 2. The number of anilines is 1. The Hall–Kier alpha value is -2.45. The summed E-state index contributed by atoms with van der Waals surface area (Å²) in [7, 11) is 0. The minimum Gasteiger partial charge on any atom is -0.504 e. The molecule has 1 aromatic carbocycles. The van der Waals surface area contributed by atoms with Crippen LogP contribution in [0.1, 0.15) is 12.0 Å². The normalized spacial score (nSPS) is 19.4. The zero-order valence-corrected chi connectivity index (χ0v) is 16.1. The fourth-order valence-corrected chi connectivity index (χ4v) is 3.27. The number of carbonyl (C=O) groups is 2.